The minimum Gasteiger partial charge on any atom is -0.484 e. The molecule has 9 heteroatoms. The van der Waals surface area contributed by atoms with Crippen molar-refractivity contribution in [2.45, 2.75) is 19.3 Å². The zero-order valence-corrected chi connectivity index (χ0v) is 14.6. The molecular formula is C18H17F3N4O2. The van der Waals surface area contributed by atoms with Crippen LogP contribution in [0, 0.1) is 0 Å². The van der Waals surface area contributed by atoms with E-state index in [1.807, 2.05) is 30.3 Å². The summed E-state index contributed by atoms with van der Waals surface area (Å²) < 4.78 is 45.5. The molecule has 0 spiro atoms. The molecule has 3 aromatic rings. The summed E-state index contributed by atoms with van der Waals surface area (Å²) >= 11 is 0. The molecule has 1 unspecified atom stereocenters. The van der Waals surface area contributed by atoms with Crippen LogP contribution in [0.5, 0.6) is 5.75 Å². The normalized spacial score (nSPS) is 12.8. The van der Waals surface area contributed by atoms with Crippen LogP contribution in [0.1, 0.15) is 29.1 Å². The average molecular weight is 378 g/mol. The van der Waals surface area contributed by atoms with E-state index in [0.717, 1.165) is 18.0 Å². The number of hydrogen-bond acceptors (Lipinski definition) is 3. The van der Waals surface area contributed by atoms with Gasteiger partial charge in [-0.05, 0) is 12.5 Å². The van der Waals surface area contributed by atoms with Gasteiger partial charge in [0.15, 0.2) is 5.75 Å². The van der Waals surface area contributed by atoms with Crippen molar-refractivity contribution in [2.75, 3.05) is 0 Å². The standard InChI is InChI=1S/C18H17F3N4O2/c1-11(12-6-4-3-5-7-12)27-15-8-14(24(2)16(15)17(22)26)13-9-23-25(10-13)18(19,20)21/h3-11H,1-2H3,(H2,22,26). The van der Waals surface area contributed by atoms with Crippen molar-refractivity contribution in [3.8, 4) is 17.0 Å². The van der Waals surface area contributed by atoms with E-state index < -0.39 is 18.3 Å². The van der Waals surface area contributed by atoms with E-state index in [4.69, 9.17) is 10.5 Å². The van der Waals surface area contributed by atoms with Crippen LogP contribution in [0.15, 0.2) is 48.8 Å². The molecule has 0 saturated carbocycles. The molecule has 0 fully saturated rings. The number of primary amides is 1. The smallest absolute Gasteiger partial charge is 0.484 e. The van der Waals surface area contributed by atoms with Crippen LogP contribution >= 0.6 is 0 Å². The second kappa shape index (κ2) is 6.82. The third-order valence-corrected chi connectivity index (χ3v) is 4.14. The van der Waals surface area contributed by atoms with E-state index in [-0.39, 0.29) is 21.7 Å². The summed E-state index contributed by atoms with van der Waals surface area (Å²) in [6.07, 6.45) is -3.11. The number of nitrogens with zero attached hydrogens (tertiary/aromatic N) is 3. The predicted octanol–water partition coefficient (Wildman–Crippen LogP) is 3.60. The fraction of sp³-hybridized carbons (Fsp3) is 0.222. The van der Waals surface area contributed by atoms with Gasteiger partial charge in [-0.15, -0.1) is 13.2 Å². The molecular weight excluding hydrogens is 361 g/mol. The van der Waals surface area contributed by atoms with Gasteiger partial charge in [0.2, 0.25) is 0 Å². The van der Waals surface area contributed by atoms with Crippen molar-refractivity contribution in [1.29, 1.82) is 0 Å². The van der Waals surface area contributed by atoms with Gasteiger partial charge in [-0.25, -0.2) is 0 Å². The van der Waals surface area contributed by atoms with Gasteiger partial charge in [0.05, 0.1) is 11.9 Å². The molecule has 1 amide bonds. The Labute approximate surface area is 153 Å². The lowest BCUT2D eigenvalue weighted by Gasteiger charge is -2.15. The molecule has 142 valence electrons. The van der Waals surface area contributed by atoms with Gasteiger partial charge in [-0.3, -0.25) is 4.79 Å². The zero-order chi connectivity index (χ0) is 19.8. The summed E-state index contributed by atoms with van der Waals surface area (Å²) in [5, 5.41) is 3.32. The summed E-state index contributed by atoms with van der Waals surface area (Å²) in [7, 11) is 1.53. The number of benzene rings is 1. The molecule has 0 saturated heterocycles. The van der Waals surface area contributed by atoms with E-state index >= 15 is 0 Å². The van der Waals surface area contributed by atoms with E-state index in [0.29, 0.717) is 5.69 Å². The Hall–Kier alpha value is -3.23. The number of amides is 1. The largest absolute Gasteiger partial charge is 0.504 e. The lowest BCUT2D eigenvalue weighted by Crippen LogP contribution is -2.17. The number of ether oxygens (including phenoxy) is 1. The first kappa shape index (κ1) is 18.6. The number of rotatable bonds is 5. The highest BCUT2D eigenvalue weighted by molar-refractivity contribution is 5.95. The molecule has 0 radical (unpaired) electrons. The summed E-state index contributed by atoms with van der Waals surface area (Å²) in [6, 6.07) is 10.8. The molecule has 1 aromatic carbocycles. The Kier molecular flexibility index (Phi) is 4.69. The van der Waals surface area contributed by atoms with Gasteiger partial charge in [-0.2, -0.15) is 9.78 Å². The quantitative estimate of drug-likeness (QED) is 0.737. The highest BCUT2D eigenvalue weighted by Crippen LogP contribution is 2.34. The average Bonchev–Trinajstić information content (AvgIpc) is 3.20. The molecule has 2 heterocycles. The van der Waals surface area contributed by atoms with Crippen molar-refractivity contribution >= 4 is 5.91 Å². The fourth-order valence-electron chi connectivity index (χ4n) is 2.80. The van der Waals surface area contributed by atoms with Crippen molar-refractivity contribution in [3.63, 3.8) is 0 Å². The minimum absolute atomic E-state index is 0.0625. The Balaban J connectivity index is 1.99. The summed E-state index contributed by atoms with van der Waals surface area (Å²) in [4.78, 5) is 11.9. The Morgan fingerprint density at radius 2 is 1.93 bits per heavy atom. The minimum atomic E-state index is -4.63. The number of carbonyl (C=O) groups is 1. The van der Waals surface area contributed by atoms with E-state index in [1.165, 1.54) is 17.7 Å². The highest BCUT2D eigenvalue weighted by atomic mass is 19.4. The molecule has 2 aromatic heterocycles. The van der Waals surface area contributed by atoms with Gasteiger partial charge >= 0.3 is 6.30 Å². The number of nitrogens with two attached hydrogens (primary N) is 1. The lowest BCUT2D eigenvalue weighted by molar-refractivity contribution is -0.212. The van der Waals surface area contributed by atoms with E-state index in [2.05, 4.69) is 5.10 Å². The molecule has 1 atom stereocenters. The second-order valence-electron chi connectivity index (χ2n) is 5.98. The van der Waals surface area contributed by atoms with Crippen LogP contribution < -0.4 is 10.5 Å². The monoisotopic (exact) mass is 378 g/mol. The molecule has 0 aliphatic heterocycles. The van der Waals surface area contributed by atoms with Crippen LogP contribution in [0.25, 0.3) is 11.3 Å². The second-order valence-corrected chi connectivity index (χ2v) is 5.98. The third-order valence-electron chi connectivity index (χ3n) is 4.14. The highest BCUT2D eigenvalue weighted by Gasteiger charge is 2.32. The zero-order valence-electron chi connectivity index (χ0n) is 14.6. The number of alkyl halides is 3. The molecule has 3 rings (SSSR count). The maximum Gasteiger partial charge on any atom is 0.504 e. The molecule has 27 heavy (non-hydrogen) atoms. The van der Waals surface area contributed by atoms with Crippen molar-refractivity contribution in [1.82, 2.24) is 14.3 Å². The number of hydrogen-bond donors (Lipinski definition) is 1. The summed E-state index contributed by atoms with van der Waals surface area (Å²) in [5.74, 6) is -0.557. The predicted molar refractivity (Wildman–Crippen MR) is 91.9 cm³/mol. The van der Waals surface area contributed by atoms with Gasteiger partial charge in [0.1, 0.15) is 11.8 Å². The Bertz CT molecular complexity index is 961. The van der Waals surface area contributed by atoms with E-state index in [1.54, 1.807) is 6.92 Å². The van der Waals surface area contributed by atoms with Crippen LogP contribution in [0.2, 0.25) is 0 Å². The summed E-state index contributed by atoms with van der Waals surface area (Å²) in [5.41, 5.74) is 6.90. The molecule has 6 nitrogen and oxygen atoms in total. The van der Waals surface area contributed by atoms with Crippen LogP contribution in [0.3, 0.4) is 0 Å². The lowest BCUT2D eigenvalue weighted by atomic mass is 10.1. The van der Waals surface area contributed by atoms with Gasteiger partial charge in [-0.1, -0.05) is 30.3 Å². The fourth-order valence-corrected chi connectivity index (χ4v) is 2.80. The topological polar surface area (TPSA) is 75.1 Å². The first-order valence-electron chi connectivity index (χ1n) is 8.02. The van der Waals surface area contributed by atoms with Gasteiger partial charge in [0, 0.05) is 24.9 Å². The maximum absolute atomic E-state index is 12.8. The van der Waals surface area contributed by atoms with Crippen LogP contribution in [0.4, 0.5) is 13.2 Å². The third kappa shape index (κ3) is 3.67. The Morgan fingerprint density at radius 3 is 2.48 bits per heavy atom. The maximum atomic E-state index is 12.8. The van der Waals surface area contributed by atoms with Gasteiger partial charge in [0.25, 0.3) is 5.91 Å². The van der Waals surface area contributed by atoms with Crippen LogP contribution in [-0.2, 0) is 13.3 Å². The van der Waals surface area contributed by atoms with Crippen molar-refractivity contribution < 1.29 is 22.7 Å². The van der Waals surface area contributed by atoms with E-state index in [9.17, 15) is 18.0 Å². The first-order valence-corrected chi connectivity index (χ1v) is 8.02. The molecule has 0 bridgehead atoms. The number of carbonyl (C=O) groups excluding carboxylic acids is 1. The SMILES string of the molecule is CC(Oc1cc(-c2cnn(C(F)(F)F)c2)n(C)c1C(N)=O)c1ccccc1. The number of halogens is 3. The van der Waals surface area contributed by atoms with Crippen molar-refractivity contribution in [2.24, 2.45) is 12.8 Å². The Morgan fingerprint density at radius 1 is 1.26 bits per heavy atom. The van der Waals surface area contributed by atoms with Crippen molar-refractivity contribution in [3.05, 3.63) is 60.0 Å². The van der Waals surface area contributed by atoms with Crippen LogP contribution in [-0.4, -0.2) is 20.3 Å². The molecule has 0 aliphatic carbocycles. The van der Waals surface area contributed by atoms with Gasteiger partial charge < -0.3 is 15.0 Å². The molecule has 0 aliphatic rings. The number of aromatic nitrogens is 3. The first-order chi connectivity index (χ1) is 12.7. The molecule has 2 N–H and O–H groups in total. The summed E-state index contributed by atoms with van der Waals surface area (Å²) in [6.45, 7) is 1.80.